The van der Waals surface area contributed by atoms with Gasteiger partial charge in [0, 0.05) is 18.5 Å². The van der Waals surface area contributed by atoms with Crippen LogP contribution in [-0.4, -0.2) is 30.6 Å². The first-order valence-corrected chi connectivity index (χ1v) is 9.10. The second-order valence-corrected chi connectivity index (χ2v) is 6.88. The highest BCUT2D eigenvalue weighted by Gasteiger charge is 2.31. The van der Waals surface area contributed by atoms with Crippen LogP contribution >= 0.6 is 0 Å². The maximum Gasteiger partial charge on any atom is 0.254 e. The predicted octanol–water partition coefficient (Wildman–Crippen LogP) is 4.27. The lowest BCUT2D eigenvalue weighted by molar-refractivity contribution is 0.0735. The topological polar surface area (TPSA) is 38.8 Å². The van der Waals surface area contributed by atoms with Gasteiger partial charge in [0.25, 0.3) is 5.91 Å². The molecule has 0 unspecified atom stereocenters. The van der Waals surface area contributed by atoms with Crippen LogP contribution in [0.1, 0.15) is 46.8 Å². The van der Waals surface area contributed by atoms with Crippen molar-refractivity contribution in [1.82, 2.24) is 4.90 Å². The molecule has 136 valence electrons. The molecule has 0 spiro atoms. The van der Waals surface area contributed by atoms with Crippen LogP contribution in [0.5, 0.6) is 11.5 Å². The minimum absolute atomic E-state index is 0.0241. The molecule has 0 aromatic heterocycles. The van der Waals surface area contributed by atoms with Crippen molar-refractivity contribution in [2.24, 2.45) is 0 Å². The summed E-state index contributed by atoms with van der Waals surface area (Å²) in [5, 5.41) is 0. The third-order valence-electron chi connectivity index (χ3n) is 5.09. The fourth-order valence-electron chi connectivity index (χ4n) is 3.64. The molecule has 0 aliphatic carbocycles. The largest absolute Gasteiger partial charge is 0.490 e. The summed E-state index contributed by atoms with van der Waals surface area (Å²) in [7, 11) is 0. The summed E-state index contributed by atoms with van der Waals surface area (Å²) in [5.74, 6) is 1.02. The van der Waals surface area contributed by atoms with Crippen molar-refractivity contribution in [2.45, 2.75) is 32.2 Å². The van der Waals surface area contributed by atoms with E-state index in [1.165, 1.54) is 6.07 Å². The Morgan fingerprint density at radius 3 is 2.69 bits per heavy atom. The second kappa shape index (κ2) is 6.98. The third kappa shape index (κ3) is 3.14. The number of nitrogens with zero attached hydrogens (tertiary/aromatic N) is 1. The molecule has 0 bridgehead atoms. The van der Waals surface area contributed by atoms with Crippen LogP contribution in [0, 0.1) is 12.7 Å². The molecule has 5 heteroatoms. The van der Waals surface area contributed by atoms with E-state index in [0.29, 0.717) is 30.9 Å². The Kier molecular flexibility index (Phi) is 4.53. The molecule has 1 fully saturated rings. The number of benzene rings is 2. The second-order valence-electron chi connectivity index (χ2n) is 6.88. The first-order valence-electron chi connectivity index (χ1n) is 9.10. The smallest absolute Gasteiger partial charge is 0.254 e. The number of hydrogen-bond acceptors (Lipinski definition) is 3. The lowest BCUT2D eigenvalue weighted by Gasteiger charge is -2.26. The highest BCUT2D eigenvalue weighted by Crippen LogP contribution is 2.38. The van der Waals surface area contributed by atoms with Gasteiger partial charge in [-0.25, -0.2) is 4.39 Å². The molecule has 2 heterocycles. The van der Waals surface area contributed by atoms with Gasteiger partial charge in [0.15, 0.2) is 11.5 Å². The zero-order chi connectivity index (χ0) is 18.1. The molecule has 1 saturated heterocycles. The molecule has 2 aromatic rings. The van der Waals surface area contributed by atoms with Crippen LogP contribution in [0.15, 0.2) is 36.4 Å². The van der Waals surface area contributed by atoms with E-state index in [0.717, 1.165) is 36.3 Å². The summed E-state index contributed by atoms with van der Waals surface area (Å²) in [4.78, 5) is 14.8. The van der Waals surface area contributed by atoms with Gasteiger partial charge < -0.3 is 14.4 Å². The van der Waals surface area contributed by atoms with Crippen molar-refractivity contribution in [2.75, 3.05) is 19.8 Å². The molecule has 0 saturated carbocycles. The zero-order valence-corrected chi connectivity index (χ0v) is 14.8. The molecule has 2 aliphatic rings. The van der Waals surface area contributed by atoms with Crippen LogP contribution < -0.4 is 9.47 Å². The van der Waals surface area contributed by atoms with Gasteiger partial charge in [-0.15, -0.1) is 0 Å². The fraction of sp³-hybridized carbons (Fsp3) is 0.381. The van der Waals surface area contributed by atoms with Gasteiger partial charge in [0.1, 0.15) is 5.82 Å². The summed E-state index contributed by atoms with van der Waals surface area (Å²) in [6, 6.07) is 10.6. The number of halogens is 1. The molecule has 2 aliphatic heterocycles. The summed E-state index contributed by atoms with van der Waals surface area (Å²) in [5.41, 5.74) is 1.98. The molecular formula is C21H22FNO3. The summed E-state index contributed by atoms with van der Waals surface area (Å²) < 4.78 is 25.3. The molecule has 2 aromatic carbocycles. The molecule has 26 heavy (non-hydrogen) atoms. The van der Waals surface area contributed by atoms with Crippen molar-refractivity contribution in [1.29, 1.82) is 0 Å². The van der Waals surface area contributed by atoms with Gasteiger partial charge in [-0.2, -0.15) is 0 Å². The highest BCUT2D eigenvalue weighted by molar-refractivity contribution is 5.94. The van der Waals surface area contributed by atoms with Gasteiger partial charge in [-0.3, -0.25) is 4.79 Å². The molecule has 4 nitrogen and oxygen atoms in total. The number of fused-ring (bicyclic) bond motifs is 1. The van der Waals surface area contributed by atoms with E-state index in [1.807, 2.05) is 23.1 Å². The molecule has 1 atom stereocenters. The zero-order valence-electron chi connectivity index (χ0n) is 14.8. The van der Waals surface area contributed by atoms with Gasteiger partial charge in [0.05, 0.1) is 19.3 Å². The number of ether oxygens (including phenoxy) is 2. The monoisotopic (exact) mass is 355 g/mol. The lowest BCUT2D eigenvalue weighted by atomic mass is 10.0. The fourth-order valence-corrected chi connectivity index (χ4v) is 3.64. The Bertz CT molecular complexity index is 836. The van der Waals surface area contributed by atoms with Crippen molar-refractivity contribution in [3.63, 3.8) is 0 Å². The number of carbonyl (C=O) groups excluding carboxylic acids is 1. The van der Waals surface area contributed by atoms with Gasteiger partial charge in [-0.1, -0.05) is 12.1 Å². The Hall–Kier alpha value is -2.56. The quantitative estimate of drug-likeness (QED) is 0.807. The third-order valence-corrected chi connectivity index (χ3v) is 5.09. The maximum absolute atomic E-state index is 13.9. The van der Waals surface area contributed by atoms with E-state index in [2.05, 4.69) is 0 Å². The molecule has 0 radical (unpaired) electrons. The SMILES string of the molecule is Cc1ccc(C(=O)N2CCC[C@@H]2c2ccc3c(c2)OCCCO3)cc1F. The van der Waals surface area contributed by atoms with Crippen LogP contribution in [0.2, 0.25) is 0 Å². The number of hydrogen-bond donors (Lipinski definition) is 0. The molecule has 1 amide bonds. The van der Waals surface area contributed by atoms with Crippen molar-refractivity contribution >= 4 is 5.91 Å². The minimum Gasteiger partial charge on any atom is -0.490 e. The van der Waals surface area contributed by atoms with Crippen LogP contribution in [0.4, 0.5) is 4.39 Å². The number of amides is 1. The highest BCUT2D eigenvalue weighted by atomic mass is 19.1. The normalized spacial score (nSPS) is 19.3. The van der Waals surface area contributed by atoms with Crippen molar-refractivity contribution in [3.05, 3.63) is 58.9 Å². The first kappa shape index (κ1) is 16.9. The van der Waals surface area contributed by atoms with E-state index in [4.69, 9.17) is 9.47 Å². The maximum atomic E-state index is 13.9. The Labute approximate surface area is 152 Å². The van der Waals surface area contributed by atoms with Gasteiger partial charge in [0.2, 0.25) is 0 Å². The van der Waals surface area contributed by atoms with E-state index >= 15 is 0 Å². The summed E-state index contributed by atoms with van der Waals surface area (Å²) >= 11 is 0. The summed E-state index contributed by atoms with van der Waals surface area (Å²) in [6.45, 7) is 3.65. The van der Waals surface area contributed by atoms with Gasteiger partial charge in [-0.05, 0) is 55.2 Å². The van der Waals surface area contributed by atoms with E-state index < -0.39 is 0 Å². The first-order chi connectivity index (χ1) is 12.6. The predicted molar refractivity (Wildman–Crippen MR) is 96.2 cm³/mol. The Morgan fingerprint density at radius 1 is 1.08 bits per heavy atom. The molecule has 4 rings (SSSR count). The summed E-state index contributed by atoms with van der Waals surface area (Å²) in [6.07, 6.45) is 2.68. The average Bonchev–Trinajstić information content (AvgIpc) is 3.02. The van der Waals surface area contributed by atoms with E-state index in [1.54, 1.807) is 19.1 Å². The van der Waals surface area contributed by atoms with Crippen LogP contribution in [-0.2, 0) is 0 Å². The number of likely N-dealkylation sites (tertiary alicyclic amines) is 1. The lowest BCUT2D eigenvalue weighted by Crippen LogP contribution is -2.30. The minimum atomic E-state index is -0.345. The number of carbonyl (C=O) groups is 1. The van der Waals surface area contributed by atoms with E-state index in [-0.39, 0.29) is 17.8 Å². The van der Waals surface area contributed by atoms with Crippen molar-refractivity contribution in [3.8, 4) is 11.5 Å². The average molecular weight is 355 g/mol. The number of aryl methyl sites for hydroxylation is 1. The number of rotatable bonds is 2. The molecular weight excluding hydrogens is 333 g/mol. The Morgan fingerprint density at radius 2 is 1.88 bits per heavy atom. The van der Waals surface area contributed by atoms with Crippen LogP contribution in [0.3, 0.4) is 0 Å². The van der Waals surface area contributed by atoms with Crippen LogP contribution in [0.25, 0.3) is 0 Å². The van der Waals surface area contributed by atoms with Gasteiger partial charge >= 0.3 is 0 Å². The van der Waals surface area contributed by atoms with Crippen molar-refractivity contribution < 1.29 is 18.7 Å². The Balaban J connectivity index is 1.61. The van der Waals surface area contributed by atoms with E-state index in [9.17, 15) is 9.18 Å². The molecule has 0 N–H and O–H groups in total. The standard InChI is InChI=1S/C21H22FNO3/c1-14-5-6-16(12-17(14)22)21(24)23-9-2-4-18(23)15-7-8-19-20(13-15)26-11-3-10-25-19/h5-8,12-13,18H,2-4,9-11H2,1H3/t18-/m1/s1.